The predicted molar refractivity (Wildman–Crippen MR) is 72.3 cm³/mol. The van der Waals surface area contributed by atoms with Crippen molar-refractivity contribution in [1.29, 1.82) is 0 Å². The molecule has 0 radical (unpaired) electrons. The largest absolute Gasteiger partial charge is 0.361 e. The molecular weight excluding hydrogens is 226 g/mol. The summed E-state index contributed by atoms with van der Waals surface area (Å²) >= 11 is 0. The molecule has 1 aromatic carbocycles. The van der Waals surface area contributed by atoms with Gasteiger partial charge in [0.2, 0.25) is 5.91 Å². The van der Waals surface area contributed by atoms with Crippen LogP contribution in [0.1, 0.15) is 25.7 Å². The lowest BCUT2D eigenvalue weighted by atomic mass is 9.98. The number of aromatic amines is 1. The fourth-order valence-corrected chi connectivity index (χ4v) is 2.62. The zero-order chi connectivity index (χ0) is 12.6. The van der Waals surface area contributed by atoms with Gasteiger partial charge in [-0.1, -0.05) is 12.8 Å². The average Bonchev–Trinajstić information content (AvgIpc) is 2.98. The van der Waals surface area contributed by atoms with Crippen LogP contribution in [0.25, 0.3) is 10.9 Å². The van der Waals surface area contributed by atoms with Crippen LogP contribution >= 0.6 is 0 Å². The molecule has 2 aromatic rings. The number of hydrogen-bond donors (Lipinski definition) is 3. The van der Waals surface area contributed by atoms with E-state index in [1.165, 1.54) is 0 Å². The summed E-state index contributed by atoms with van der Waals surface area (Å²) in [5.74, 6) is -0.0603. The van der Waals surface area contributed by atoms with Crippen molar-refractivity contribution in [1.82, 2.24) is 4.98 Å². The van der Waals surface area contributed by atoms with E-state index >= 15 is 0 Å². The zero-order valence-corrected chi connectivity index (χ0v) is 10.2. The fourth-order valence-electron chi connectivity index (χ4n) is 2.62. The first kappa shape index (κ1) is 11.3. The van der Waals surface area contributed by atoms with E-state index in [0.717, 1.165) is 42.3 Å². The van der Waals surface area contributed by atoms with Gasteiger partial charge in [-0.15, -0.1) is 0 Å². The molecule has 0 unspecified atom stereocenters. The highest BCUT2D eigenvalue weighted by molar-refractivity contribution is 5.99. The summed E-state index contributed by atoms with van der Waals surface area (Å²) in [4.78, 5) is 15.3. The first-order valence-corrected chi connectivity index (χ1v) is 6.35. The quantitative estimate of drug-likeness (QED) is 0.757. The van der Waals surface area contributed by atoms with Gasteiger partial charge in [0.15, 0.2) is 0 Å². The molecule has 1 fully saturated rings. The molecule has 4 heteroatoms. The molecule has 18 heavy (non-hydrogen) atoms. The zero-order valence-electron chi connectivity index (χ0n) is 10.2. The van der Waals surface area contributed by atoms with Crippen molar-refractivity contribution in [2.75, 3.05) is 5.32 Å². The van der Waals surface area contributed by atoms with Gasteiger partial charge in [0.05, 0.1) is 5.54 Å². The SMILES string of the molecule is NC1(C(=O)Nc2ccc3[nH]ccc3c2)CCCC1. The molecule has 4 N–H and O–H groups in total. The summed E-state index contributed by atoms with van der Waals surface area (Å²) < 4.78 is 0. The number of nitrogens with two attached hydrogens (primary N) is 1. The highest BCUT2D eigenvalue weighted by atomic mass is 16.2. The topological polar surface area (TPSA) is 70.9 Å². The Hall–Kier alpha value is -1.81. The van der Waals surface area contributed by atoms with Gasteiger partial charge in [-0.05, 0) is 37.1 Å². The second-order valence-electron chi connectivity index (χ2n) is 5.10. The maximum Gasteiger partial charge on any atom is 0.244 e. The Kier molecular flexibility index (Phi) is 2.59. The minimum Gasteiger partial charge on any atom is -0.361 e. The standard InChI is InChI=1S/C14H17N3O/c15-14(6-1-2-7-14)13(18)17-11-3-4-12-10(9-11)5-8-16-12/h3-5,8-9,16H,1-2,6-7,15H2,(H,17,18). The van der Waals surface area contributed by atoms with Crippen molar-refractivity contribution in [2.24, 2.45) is 5.73 Å². The van der Waals surface area contributed by atoms with E-state index in [9.17, 15) is 4.79 Å². The normalized spacial score (nSPS) is 18.1. The molecule has 0 spiro atoms. The molecule has 94 valence electrons. The van der Waals surface area contributed by atoms with Crippen molar-refractivity contribution >= 4 is 22.5 Å². The van der Waals surface area contributed by atoms with Gasteiger partial charge < -0.3 is 16.0 Å². The minimum absolute atomic E-state index is 0.0603. The van der Waals surface area contributed by atoms with Gasteiger partial charge in [0, 0.05) is 22.8 Å². The van der Waals surface area contributed by atoms with Crippen LogP contribution in [-0.2, 0) is 4.79 Å². The molecule has 1 aromatic heterocycles. The molecule has 1 heterocycles. The number of carbonyl (C=O) groups is 1. The molecular formula is C14H17N3O. The van der Waals surface area contributed by atoms with E-state index in [0.29, 0.717) is 0 Å². The fraction of sp³-hybridized carbons (Fsp3) is 0.357. The molecule has 1 aliphatic rings. The Morgan fingerprint density at radius 3 is 2.83 bits per heavy atom. The van der Waals surface area contributed by atoms with Crippen LogP contribution in [0.3, 0.4) is 0 Å². The number of nitrogens with one attached hydrogen (secondary N) is 2. The summed E-state index contributed by atoms with van der Waals surface area (Å²) in [7, 11) is 0. The van der Waals surface area contributed by atoms with Gasteiger partial charge in [0.25, 0.3) is 0 Å². The van der Waals surface area contributed by atoms with E-state index in [1.54, 1.807) is 0 Å². The van der Waals surface area contributed by atoms with Crippen LogP contribution in [0.2, 0.25) is 0 Å². The summed E-state index contributed by atoms with van der Waals surface area (Å²) in [6, 6.07) is 7.80. The Labute approximate surface area is 106 Å². The Bertz CT molecular complexity index is 581. The number of carbonyl (C=O) groups excluding carboxylic acids is 1. The summed E-state index contributed by atoms with van der Waals surface area (Å²) in [6.45, 7) is 0. The van der Waals surface area contributed by atoms with Crippen LogP contribution in [-0.4, -0.2) is 16.4 Å². The molecule has 0 saturated heterocycles. The first-order valence-electron chi connectivity index (χ1n) is 6.35. The highest BCUT2D eigenvalue weighted by Gasteiger charge is 2.36. The number of anilines is 1. The Morgan fingerprint density at radius 2 is 2.06 bits per heavy atom. The molecule has 0 aliphatic heterocycles. The van der Waals surface area contributed by atoms with Crippen LogP contribution in [0.15, 0.2) is 30.5 Å². The Morgan fingerprint density at radius 1 is 1.28 bits per heavy atom. The molecule has 0 atom stereocenters. The molecule has 1 aliphatic carbocycles. The molecule has 4 nitrogen and oxygen atoms in total. The summed E-state index contributed by atoms with van der Waals surface area (Å²) in [6.07, 6.45) is 5.54. The number of H-pyrrole nitrogens is 1. The second-order valence-corrected chi connectivity index (χ2v) is 5.10. The predicted octanol–water partition coefficient (Wildman–Crippen LogP) is 2.38. The van der Waals surface area contributed by atoms with E-state index in [1.807, 2.05) is 30.5 Å². The lowest BCUT2D eigenvalue weighted by Gasteiger charge is -2.22. The number of fused-ring (bicyclic) bond motifs is 1. The number of amides is 1. The van der Waals surface area contributed by atoms with Crippen molar-refractivity contribution in [3.05, 3.63) is 30.5 Å². The maximum atomic E-state index is 12.2. The van der Waals surface area contributed by atoms with E-state index in [2.05, 4.69) is 10.3 Å². The number of hydrogen-bond acceptors (Lipinski definition) is 2. The summed E-state index contributed by atoms with van der Waals surface area (Å²) in [5, 5.41) is 4.02. The molecule has 3 rings (SSSR count). The van der Waals surface area contributed by atoms with Gasteiger partial charge >= 0.3 is 0 Å². The van der Waals surface area contributed by atoms with E-state index in [4.69, 9.17) is 5.73 Å². The molecule has 0 bridgehead atoms. The third-order valence-electron chi connectivity index (χ3n) is 3.76. The van der Waals surface area contributed by atoms with Gasteiger partial charge in [-0.2, -0.15) is 0 Å². The van der Waals surface area contributed by atoms with Crippen molar-refractivity contribution in [2.45, 2.75) is 31.2 Å². The number of aromatic nitrogens is 1. The van der Waals surface area contributed by atoms with Crippen molar-refractivity contribution in [3.8, 4) is 0 Å². The van der Waals surface area contributed by atoms with Crippen molar-refractivity contribution < 1.29 is 4.79 Å². The molecule has 1 amide bonds. The van der Waals surface area contributed by atoms with E-state index in [-0.39, 0.29) is 5.91 Å². The third-order valence-corrected chi connectivity index (χ3v) is 3.76. The number of benzene rings is 1. The van der Waals surface area contributed by atoms with E-state index < -0.39 is 5.54 Å². The lowest BCUT2D eigenvalue weighted by molar-refractivity contribution is -0.120. The maximum absolute atomic E-state index is 12.2. The second kappa shape index (κ2) is 4.14. The van der Waals surface area contributed by atoms with Crippen LogP contribution < -0.4 is 11.1 Å². The van der Waals surface area contributed by atoms with Crippen LogP contribution in [0.5, 0.6) is 0 Å². The third kappa shape index (κ3) is 1.88. The average molecular weight is 243 g/mol. The van der Waals surface area contributed by atoms with Crippen LogP contribution in [0.4, 0.5) is 5.69 Å². The van der Waals surface area contributed by atoms with Gasteiger partial charge in [-0.3, -0.25) is 4.79 Å². The molecule has 1 saturated carbocycles. The summed E-state index contributed by atoms with van der Waals surface area (Å²) in [5.41, 5.74) is 7.33. The van der Waals surface area contributed by atoms with Gasteiger partial charge in [-0.25, -0.2) is 0 Å². The lowest BCUT2D eigenvalue weighted by Crippen LogP contribution is -2.48. The van der Waals surface area contributed by atoms with Gasteiger partial charge in [0.1, 0.15) is 0 Å². The smallest absolute Gasteiger partial charge is 0.244 e. The number of rotatable bonds is 2. The Balaban J connectivity index is 1.81. The van der Waals surface area contributed by atoms with Crippen LogP contribution in [0, 0.1) is 0 Å². The minimum atomic E-state index is -0.674. The van der Waals surface area contributed by atoms with Crippen molar-refractivity contribution in [3.63, 3.8) is 0 Å². The first-order chi connectivity index (χ1) is 8.67. The highest BCUT2D eigenvalue weighted by Crippen LogP contribution is 2.28. The monoisotopic (exact) mass is 243 g/mol.